The summed E-state index contributed by atoms with van der Waals surface area (Å²) in [5, 5.41) is 9.00. The van der Waals surface area contributed by atoms with E-state index < -0.39 is 11.9 Å². The lowest BCUT2D eigenvalue weighted by molar-refractivity contribution is -0.145. The highest BCUT2D eigenvalue weighted by molar-refractivity contribution is 6.02. The zero-order valence-electron chi connectivity index (χ0n) is 15.1. The number of carboxylic acid groups (broad SMARTS) is 1. The number of rotatable bonds is 5. The number of carbonyl (C=O) groups is 4. The van der Waals surface area contributed by atoms with E-state index in [9.17, 15) is 19.2 Å². The first-order valence-corrected chi connectivity index (χ1v) is 8.94. The van der Waals surface area contributed by atoms with Crippen molar-refractivity contribution in [2.45, 2.75) is 25.7 Å². The quantitative estimate of drug-likeness (QED) is 0.780. The van der Waals surface area contributed by atoms with Crippen LogP contribution in [0.5, 0.6) is 5.75 Å². The minimum atomic E-state index is -0.822. The maximum Gasteiger partial charge on any atom is 0.306 e. The Morgan fingerprint density at radius 2 is 1.89 bits per heavy atom. The summed E-state index contributed by atoms with van der Waals surface area (Å²) < 4.78 is 5.34. The van der Waals surface area contributed by atoms with Crippen molar-refractivity contribution in [2.24, 2.45) is 5.92 Å². The molecule has 1 N–H and O–H groups in total. The number of carbonyl (C=O) groups excluding carboxylic acids is 3. The van der Waals surface area contributed by atoms with E-state index in [-0.39, 0.29) is 37.0 Å². The molecule has 27 heavy (non-hydrogen) atoms. The zero-order chi connectivity index (χ0) is 19.6. The Morgan fingerprint density at radius 1 is 1.19 bits per heavy atom. The predicted octanol–water partition coefficient (Wildman–Crippen LogP) is 1.33. The molecule has 0 spiro atoms. The molecule has 0 bridgehead atoms. The summed E-state index contributed by atoms with van der Waals surface area (Å²) in [6, 6.07) is 4.90. The van der Waals surface area contributed by atoms with E-state index in [2.05, 4.69) is 0 Å². The molecular formula is C19H22N2O6. The van der Waals surface area contributed by atoms with Crippen LogP contribution >= 0.6 is 0 Å². The fraction of sp³-hybridized carbons (Fsp3) is 0.474. The van der Waals surface area contributed by atoms with E-state index in [0.29, 0.717) is 42.9 Å². The van der Waals surface area contributed by atoms with Crippen LogP contribution < -0.4 is 9.64 Å². The second-order valence-electron chi connectivity index (χ2n) is 6.84. The molecular weight excluding hydrogens is 352 g/mol. The smallest absolute Gasteiger partial charge is 0.306 e. The van der Waals surface area contributed by atoms with Crippen LogP contribution in [0.3, 0.4) is 0 Å². The summed E-state index contributed by atoms with van der Waals surface area (Å²) in [4.78, 5) is 50.5. The molecule has 0 aromatic heterocycles. The molecule has 8 nitrogen and oxygen atoms in total. The average Bonchev–Trinajstić information content (AvgIpc) is 2.68. The first-order chi connectivity index (χ1) is 12.9. The van der Waals surface area contributed by atoms with Gasteiger partial charge in [0, 0.05) is 38.5 Å². The van der Waals surface area contributed by atoms with Crippen LogP contribution in [-0.4, -0.2) is 60.3 Å². The van der Waals surface area contributed by atoms with Gasteiger partial charge >= 0.3 is 5.97 Å². The normalized spacial score (nSPS) is 17.3. The van der Waals surface area contributed by atoms with Crippen LogP contribution in [0, 0.1) is 5.92 Å². The van der Waals surface area contributed by atoms with Gasteiger partial charge in [0.05, 0.1) is 11.6 Å². The number of amides is 2. The molecule has 2 heterocycles. The van der Waals surface area contributed by atoms with Gasteiger partial charge in [-0.2, -0.15) is 0 Å². The van der Waals surface area contributed by atoms with E-state index in [1.54, 1.807) is 30.1 Å². The van der Waals surface area contributed by atoms with Gasteiger partial charge in [0.2, 0.25) is 5.91 Å². The number of ketones is 1. The number of carboxylic acids is 1. The van der Waals surface area contributed by atoms with E-state index in [0.717, 1.165) is 0 Å². The van der Waals surface area contributed by atoms with Crippen molar-refractivity contribution < 1.29 is 29.0 Å². The van der Waals surface area contributed by atoms with Gasteiger partial charge in [0.1, 0.15) is 5.75 Å². The van der Waals surface area contributed by atoms with Crippen LogP contribution in [0.1, 0.15) is 36.0 Å². The standard InChI is InChI=1S/C19H22N2O6/c1-20-14-10-13(2-4-16(14)27-11-18(20)24)15(22)3-5-17(23)21-8-6-12(7-9-21)19(25)26/h2,4,10,12H,3,5-9,11H2,1H3,(H,25,26). The molecule has 8 heteroatoms. The van der Waals surface area contributed by atoms with Gasteiger partial charge in [-0.05, 0) is 31.0 Å². The Labute approximate surface area is 156 Å². The van der Waals surface area contributed by atoms with Crippen molar-refractivity contribution >= 4 is 29.3 Å². The molecule has 1 fully saturated rings. The van der Waals surface area contributed by atoms with Crippen molar-refractivity contribution in [3.05, 3.63) is 23.8 Å². The van der Waals surface area contributed by atoms with E-state index >= 15 is 0 Å². The number of Topliss-reactive ketones (excluding diaryl/α,β-unsaturated/α-hetero) is 1. The van der Waals surface area contributed by atoms with Gasteiger partial charge in [0.15, 0.2) is 12.4 Å². The second kappa shape index (κ2) is 7.77. The molecule has 1 aromatic rings. The lowest BCUT2D eigenvalue weighted by Crippen LogP contribution is -2.40. The number of piperidine rings is 1. The number of nitrogens with zero attached hydrogens (tertiary/aromatic N) is 2. The molecule has 3 rings (SSSR count). The number of aliphatic carboxylic acids is 1. The Balaban J connectivity index is 1.56. The molecule has 2 aliphatic heterocycles. The van der Waals surface area contributed by atoms with Gasteiger partial charge < -0.3 is 19.6 Å². The first kappa shape index (κ1) is 18.9. The highest BCUT2D eigenvalue weighted by Gasteiger charge is 2.27. The molecule has 1 aromatic carbocycles. The van der Waals surface area contributed by atoms with Crippen LogP contribution in [0.15, 0.2) is 18.2 Å². The van der Waals surface area contributed by atoms with Gasteiger partial charge in [-0.3, -0.25) is 19.2 Å². The SMILES string of the molecule is CN1C(=O)COc2ccc(C(=O)CCC(=O)N3CCC(C(=O)O)CC3)cc21. The number of fused-ring (bicyclic) bond motifs is 1. The molecule has 0 aliphatic carbocycles. The minimum Gasteiger partial charge on any atom is -0.482 e. The highest BCUT2D eigenvalue weighted by Crippen LogP contribution is 2.32. The number of likely N-dealkylation sites (N-methyl/N-ethyl adjacent to an activating group) is 1. The van der Waals surface area contributed by atoms with Crippen molar-refractivity contribution in [3.8, 4) is 5.75 Å². The molecule has 0 atom stereocenters. The highest BCUT2D eigenvalue weighted by atomic mass is 16.5. The van der Waals surface area contributed by atoms with Crippen LogP contribution in [0.4, 0.5) is 5.69 Å². The maximum atomic E-state index is 12.5. The van der Waals surface area contributed by atoms with E-state index in [1.165, 1.54) is 4.90 Å². The number of benzene rings is 1. The van der Waals surface area contributed by atoms with Gasteiger partial charge in [-0.1, -0.05) is 0 Å². The van der Waals surface area contributed by atoms with Crippen molar-refractivity contribution in [1.82, 2.24) is 4.90 Å². The third-order valence-electron chi connectivity index (χ3n) is 5.13. The third-order valence-corrected chi connectivity index (χ3v) is 5.13. The Bertz CT molecular complexity index is 782. The summed E-state index contributed by atoms with van der Waals surface area (Å²) >= 11 is 0. The summed E-state index contributed by atoms with van der Waals surface area (Å²) in [6.07, 6.45) is 1.04. The van der Waals surface area contributed by atoms with Crippen molar-refractivity contribution in [1.29, 1.82) is 0 Å². The zero-order valence-corrected chi connectivity index (χ0v) is 15.1. The Morgan fingerprint density at radius 3 is 2.56 bits per heavy atom. The van der Waals surface area contributed by atoms with Crippen LogP contribution in [0.2, 0.25) is 0 Å². The summed E-state index contributed by atoms with van der Waals surface area (Å²) in [5.74, 6) is -1.18. The fourth-order valence-electron chi connectivity index (χ4n) is 3.34. The summed E-state index contributed by atoms with van der Waals surface area (Å²) in [7, 11) is 1.63. The third kappa shape index (κ3) is 4.10. The molecule has 0 radical (unpaired) electrons. The lowest BCUT2D eigenvalue weighted by Gasteiger charge is -2.30. The largest absolute Gasteiger partial charge is 0.482 e. The number of anilines is 1. The van der Waals surface area contributed by atoms with Crippen molar-refractivity contribution in [2.75, 3.05) is 31.6 Å². The molecule has 1 saturated heterocycles. The fourth-order valence-corrected chi connectivity index (χ4v) is 3.34. The molecule has 144 valence electrons. The number of hydrogen-bond acceptors (Lipinski definition) is 5. The molecule has 0 saturated carbocycles. The first-order valence-electron chi connectivity index (χ1n) is 8.94. The average molecular weight is 374 g/mol. The lowest BCUT2D eigenvalue weighted by atomic mass is 9.96. The number of ether oxygens (including phenoxy) is 1. The topological polar surface area (TPSA) is 104 Å². The Kier molecular flexibility index (Phi) is 5.43. The van der Waals surface area contributed by atoms with Crippen LogP contribution in [-0.2, 0) is 14.4 Å². The predicted molar refractivity (Wildman–Crippen MR) is 95.9 cm³/mol. The van der Waals surface area contributed by atoms with E-state index in [1.807, 2.05) is 0 Å². The van der Waals surface area contributed by atoms with Gasteiger partial charge in [0.25, 0.3) is 5.91 Å². The van der Waals surface area contributed by atoms with E-state index in [4.69, 9.17) is 9.84 Å². The maximum absolute atomic E-state index is 12.5. The summed E-state index contributed by atoms with van der Waals surface area (Å²) in [6.45, 7) is 0.796. The Hall–Kier alpha value is -2.90. The minimum absolute atomic E-state index is 0.0239. The number of likely N-dealkylation sites (tertiary alicyclic amines) is 1. The molecule has 0 unspecified atom stereocenters. The molecule has 2 amide bonds. The van der Waals surface area contributed by atoms with Crippen molar-refractivity contribution in [3.63, 3.8) is 0 Å². The molecule has 2 aliphatic rings. The number of hydrogen-bond donors (Lipinski definition) is 1. The monoisotopic (exact) mass is 374 g/mol. The van der Waals surface area contributed by atoms with Gasteiger partial charge in [-0.25, -0.2) is 0 Å². The van der Waals surface area contributed by atoms with Crippen LogP contribution in [0.25, 0.3) is 0 Å². The van der Waals surface area contributed by atoms with Gasteiger partial charge in [-0.15, -0.1) is 0 Å². The second-order valence-corrected chi connectivity index (χ2v) is 6.84. The summed E-state index contributed by atoms with van der Waals surface area (Å²) in [5.41, 5.74) is 0.968.